The zero-order chi connectivity index (χ0) is 10.5. The molecule has 0 nitrogen and oxygen atoms in total. The normalized spacial score (nSPS) is 10.2. The molecule has 2 aromatic carbocycles. The van der Waals surface area contributed by atoms with Crippen LogP contribution in [0.5, 0.6) is 0 Å². The number of hydrogen-bond acceptors (Lipinski definition) is 1. The number of benzene rings is 2. The van der Waals surface area contributed by atoms with Crippen molar-refractivity contribution in [3.05, 3.63) is 65.7 Å². The van der Waals surface area contributed by atoms with Crippen molar-refractivity contribution in [3.8, 4) is 0 Å². The molecule has 1 heteroatoms. The lowest BCUT2D eigenvalue weighted by atomic mass is 10.2. The lowest BCUT2D eigenvalue weighted by molar-refractivity contribution is 1.34. The fourth-order valence-corrected chi connectivity index (χ4v) is 2.35. The van der Waals surface area contributed by atoms with E-state index in [0.29, 0.717) is 0 Å². The first-order valence-electron chi connectivity index (χ1n) is 5.08. The van der Waals surface area contributed by atoms with Crippen LogP contribution in [0, 0.1) is 6.92 Å². The van der Waals surface area contributed by atoms with E-state index in [9.17, 15) is 0 Å². The minimum absolute atomic E-state index is 1.05. The van der Waals surface area contributed by atoms with Crippen LogP contribution < -0.4 is 0 Å². The summed E-state index contributed by atoms with van der Waals surface area (Å²) in [5.41, 5.74) is 2.73. The summed E-state index contributed by atoms with van der Waals surface area (Å²) >= 11 is 1.88. The third-order valence-corrected chi connectivity index (χ3v) is 3.31. The van der Waals surface area contributed by atoms with E-state index in [4.69, 9.17) is 0 Å². The van der Waals surface area contributed by atoms with Gasteiger partial charge in [0.25, 0.3) is 0 Å². The molecule has 0 atom stereocenters. The standard InChI is InChI=1S/C14H14S/c1-12-6-5-7-13(10-12)11-15-14-8-3-2-4-9-14/h2-10H,11H2,1H3. The Hall–Kier alpha value is -1.21. The highest BCUT2D eigenvalue weighted by Crippen LogP contribution is 2.22. The maximum atomic E-state index is 2.25. The van der Waals surface area contributed by atoms with Crippen LogP contribution in [0.2, 0.25) is 0 Å². The van der Waals surface area contributed by atoms with Gasteiger partial charge in [0.1, 0.15) is 0 Å². The third kappa shape index (κ3) is 3.14. The third-order valence-electron chi connectivity index (χ3n) is 2.23. The summed E-state index contributed by atoms with van der Waals surface area (Å²) in [6, 6.07) is 19.2. The molecule has 0 aromatic heterocycles. The van der Waals surface area contributed by atoms with Gasteiger partial charge in [-0.1, -0.05) is 48.0 Å². The van der Waals surface area contributed by atoms with Crippen LogP contribution in [-0.4, -0.2) is 0 Å². The second kappa shape index (κ2) is 5.04. The molecule has 0 bridgehead atoms. The first-order valence-corrected chi connectivity index (χ1v) is 6.06. The lowest BCUT2D eigenvalue weighted by Gasteiger charge is -2.02. The first kappa shape index (κ1) is 10.3. The van der Waals surface area contributed by atoms with Crippen LogP contribution in [0.1, 0.15) is 11.1 Å². The molecular weight excluding hydrogens is 200 g/mol. The minimum atomic E-state index is 1.05. The van der Waals surface area contributed by atoms with Crippen molar-refractivity contribution in [2.24, 2.45) is 0 Å². The Bertz CT molecular complexity index is 420. The van der Waals surface area contributed by atoms with Crippen molar-refractivity contribution < 1.29 is 0 Å². The zero-order valence-corrected chi connectivity index (χ0v) is 9.63. The van der Waals surface area contributed by atoms with E-state index >= 15 is 0 Å². The van der Waals surface area contributed by atoms with E-state index in [1.807, 2.05) is 11.8 Å². The quantitative estimate of drug-likeness (QED) is 0.687. The molecular formula is C14H14S. The van der Waals surface area contributed by atoms with Gasteiger partial charge in [-0.2, -0.15) is 0 Å². The molecule has 0 saturated heterocycles. The van der Waals surface area contributed by atoms with E-state index in [1.54, 1.807) is 0 Å². The van der Waals surface area contributed by atoms with Crippen LogP contribution >= 0.6 is 11.8 Å². The molecule has 76 valence electrons. The molecule has 2 aromatic rings. The maximum Gasteiger partial charge on any atom is 0.0232 e. The second-order valence-corrected chi connectivity index (χ2v) is 4.64. The smallest absolute Gasteiger partial charge is 0.0232 e. The molecule has 15 heavy (non-hydrogen) atoms. The average Bonchev–Trinajstić information content (AvgIpc) is 2.28. The second-order valence-electron chi connectivity index (χ2n) is 3.59. The fourth-order valence-electron chi connectivity index (χ4n) is 1.49. The molecule has 0 amide bonds. The van der Waals surface area contributed by atoms with Crippen LogP contribution in [0.4, 0.5) is 0 Å². The van der Waals surface area contributed by atoms with Gasteiger partial charge in [-0.15, -0.1) is 11.8 Å². The van der Waals surface area contributed by atoms with Crippen LogP contribution in [0.15, 0.2) is 59.5 Å². The van der Waals surface area contributed by atoms with Crippen molar-refractivity contribution >= 4 is 11.8 Å². The summed E-state index contributed by atoms with van der Waals surface area (Å²) in [6.45, 7) is 2.14. The molecule has 0 fully saturated rings. The molecule has 2 rings (SSSR count). The van der Waals surface area contributed by atoms with E-state index in [0.717, 1.165) is 5.75 Å². The van der Waals surface area contributed by atoms with Crippen LogP contribution in [0.25, 0.3) is 0 Å². The highest BCUT2D eigenvalue weighted by atomic mass is 32.2. The number of hydrogen-bond donors (Lipinski definition) is 0. The predicted octanol–water partition coefficient (Wildman–Crippen LogP) is 4.29. The molecule has 0 radical (unpaired) electrons. The summed E-state index contributed by atoms with van der Waals surface area (Å²) in [6.07, 6.45) is 0. The van der Waals surface area contributed by atoms with Gasteiger partial charge in [0, 0.05) is 10.6 Å². The topological polar surface area (TPSA) is 0 Å². The van der Waals surface area contributed by atoms with Gasteiger partial charge in [0.15, 0.2) is 0 Å². The van der Waals surface area contributed by atoms with Crippen molar-refractivity contribution in [2.45, 2.75) is 17.6 Å². The average molecular weight is 214 g/mol. The van der Waals surface area contributed by atoms with E-state index in [2.05, 4.69) is 61.5 Å². The van der Waals surface area contributed by atoms with Crippen molar-refractivity contribution in [2.75, 3.05) is 0 Å². The monoisotopic (exact) mass is 214 g/mol. The van der Waals surface area contributed by atoms with Gasteiger partial charge < -0.3 is 0 Å². The summed E-state index contributed by atoms with van der Waals surface area (Å²) in [5.74, 6) is 1.05. The van der Waals surface area contributed by atoms with Crippen molar-refractivity contribution in [3.63, 3.8) is 0 Å². The van der Waals surface area contributed by atoms with Crippen molar-refractivity contribution in [1.29, 1.82) is 0 Å². The molecule has 0 aliphatic rings. The van der Waals surface area contributed by atoms with Gasteiger partial charge in [-0.25, -0.2) is 0 Å². The Kier molecular flexibility index (Phi) is 3.46. The molecule has 0 aliphatic heterocycles. The molecule has 0 saturated carbocycles. The van der Waals surface area contributed by atoms with E-state index in [-0.39, 0.29) is 0 Å². The Morgan fingerprint density at radius 2 is 1.73 bits per heavy atom. The summed E-state index contributed by atoms with van der Waals surface area (Å²) in [4.78, 5) is 1.33. The van der Waals surface area contributed by atoms with Gasteiger partial charge in [0.05, 0.1) is 0 Å². The number of rotatable bonds is 3. The van der Waals surface area contributed by atoms with E-state index in [1.165, 1.54) is 16.0 Å². The van der Waals surface area contributed by atoms with Crippen LogP contribution in [0.3, 0.4) is 0 Å². The largest absolute Gasteiger partial charge is 0.121 e. The summed E-state index contributed by atoms with van der Waals surface area (Å²) in [7, 11) is 0. The fraction of sp³-hybridized carbons (Fsp3) is 0.143. The summed E-state index contributed by atoms with van der Waals surface area (Å²) in [5, 5.41) is 0. The lowest BCUT2D eigenvalue weighted by Crippen LogP contribution is -1.81. The molecule has 0 unspecified atom stereocenters. The van der Waals surface area contributed by atoms with Gasteiger partial charge in [0.2, 0.25) is 0 Å². The van der Waals surface area contributed by atoms with Crippen LogP contribution in [-0.2, 0) is 5.75 Å². The zero-order valence-electron chi connectivity index (χ0n) is 8.81. The Balaban J connectivity index is 1.99. The van der Waals surface area contributed by atoms with Gasteiger partial charge in [-0.05, 0) is 24.6 Å². The minimum Gasteiger partial charge on any atom is -0.121 e. The highest BCUT2D eigenvalue weighted by molar-refractivity contribution is 7.98. The number of aryl methyl sites for hydroxylation is 1. The number of thioether (sulfide) groups is 1. The first-order chi connectivity index (χ1) is 7.34. The van der Waals surface area contributed by atoms with E-state index < -0.39 is 0 Å². The Morgan fingerprint density at radius 3 is 2.47 bits per heavy atom. The maximum absolute atomic E-state index is 2.25. The van der Waals surface area contributed by atoms with Gasteiger partial charge >= 0.3 is 0 Å². The summed E-state index contributed by atoms with van der Waals surface area (Å²) < 4.78 is 0. The van der Waals surface area contributed by atoms with Crippen molar-refractivity contribution in [1.82, 2.24) is 0 Å². The molecule has 0 heterocycles. The predicted molar refractivity (Wildman–Crippen MR) is 67.2 cm³/mol. The molecule has 0 N–H and O–H groups in total. The SMILES string of the molecule is Cc1cccc(CSc2ccccc2)c1. The molecule has 0 spiro atoms. The Morgan fingerprint density at radius 1 is 0.933 bits per heavy atom. The van der Waals surface area contributed by atoms with Gasteiger partial charge in [-0.3, -0.25) is 0 Å². The molecule has 0 aliphatic carbocycles. The Labute approximate surface area is 95.3 Å². The highest BCUT2D eigenvalue weighted by Gasteiger charge is 1.95.